The first-order valence-corrected chi connectivity index (χ1v) is 11.0. The maximum Gasteiger partial charge on any atom is 0.306 e. The van der Waals surface area contributed by atoms with Gasteiger partial charge >= 0.3 is 5.97 Å². The highest BCUT2D eigenvalue weighted by atomic mass is 16.5. The summed E-state index contributed by atoms with van der Waals surface area (Å²) in [4.78, 5) is 34.2. The van der Waals surface area contributed by atoms with Gasteiger partial charge in [-0.3, -0.25) is 14.4 Å². The standard InChI is InChI=1S/C14H20O2.2C5H9NO2/c1-10(13(15)16)9-11-5-7-12(8-6-11)14(2,3)4;2*7-5-6-1-3-8-4-2-6/h5-8,10H,9H2,1-4H3,(H,15,16);2*5H,1-4H2/t10-;;/m0../s1. The summed E-state index contributed by atoms with van der Waals surface area (Å²) < 4.78 is 10.0. The molecule has 8 heteroatoms. The topological polar surface area (TPSA) is 96.4 Å². The van der Waals surface area contributed by atoms with Crippen molar-refractivity contribution >= 4 is 18.8 Å². The molecule has 0 radical (unpaired) electrons. The summed E-state index contributed by atoms with van der Waals surface area (Å²) in [6.07, 6.45) is 2.32. The van der Waals surface area contributed by atoms with Gasteiger partial charge in [0.1, 0.15) is 0 Å². The van der Waals surface area contributed by atoms with E-state index in [9.17, 15) is 14.4 Å². The number of nitrogens with zero attached hydrogens (tertiary/aromatic N) is 2. The Morgan fingerprint density at radius 2 is 1.34 bits per heavy atom. The van der Waals surface area contributed by atoms with Crippen LogP contribution in [0.3, 0.4) is 0 Å². The fourth-order valence-electron chi connectivity index (χ4n) is 2.95. The van der Waals surface area contributed by atoms with Crippen LogP contribution in [0.4, 0.5) is 0 Å². The number of carbonyl (C=O) groups is 3. The van der Waals surface area contributed by atoms with Gasteiger partial charge < -0.3 is 24.4 Å². The van der Waals surface area contributed by atoms with Crippen LogP contribution in [0.25, 0.3) is 0 Å². The summed E-state index contributed by atoms with van der Waals surface area (Å²) in [7, 11) is 0. The van der Waals surface area contributed by atoms with Crippen molar-refractivity contribution in [3.8, 4) is 0 Å². The summed E-state index contributed by atoms with van der Waals surface area (Å²) >= 11 is 0. The third-order valence-electron chi connectivity index (χ3n) is 5.17. The Balaban J connectivity index is 0.000000267. The molecule has 2 heterocycles. The lowest BCUT2D eigenvalue weighted by Gasteiger charge is -2.21. The van der Waals surface area contributed by atoms with E-state index in [1.165, 1.54) is 5.56 Å². The van der Waals surface area contributed by atoms with E-state index in [0.717, 1.165) is 44.6 Å². The molecule has 1 atom stereocenters. The van der Waals surface area contributed by atoms with E-state index >= 15 is 0 Å². The molecule has 1 N–H and O–H groups in total. The number of hydrogen-bond donors (Lipinski definition) is 1. The van der Waals surface area contributed by atoms with E-state index in [0.29, 0.717) is 32.8 Å². The van der Waals surface area contributed by atoms with Crippen molar-refractivity contribution in [1.29, 1.82) is 0 Å². The number of carboxylic acids is 1. The van der Waals surface area contributed by atoms with Gasteiger partial charge in [-0.2, -0.15) is 0 Å². The number of hydrogen-bond acceptors (Lipinski definition) is 5. The second kappa shape index (κ2) is 14.6. The van der Waals surface area contributed by atoms with Crippen LogP contribution < -0.4 is 0 Å². The number of carbonyl (C=O) groups excluding carboxylic acids is 2. The van der Waals surface area contributed by atoms with Gasteiger partial charge in [0.05, 0.1) is 32.3 Å². The van der Waals surface area contributed by atoms with Crippen molar-refractivity contribution in [2.75, 3.05) is 52.6 Å². The SMILES string of the molecule is C[C@@H](Cc1ccc(C(C)(C)C)cc1)C(=O)O.O=CN1CCOCC1.O=CN1CCOCC1. The Hall–Kier alpha value is -2.45. The minimum Gasteiger partial charge on any atom is -0.481 e. The molecule has 0 bridgehead atoms. The number of carboxylic acid groups (broad SMARTS) is 1. The lowest BCUT2D eigenvalue weighted by molar-refractivity contribution is -0.141. The molecule has 2 amide bonds. The molecule has 32 heavy (non-hydrogen) atoms. The molecule has 0 aromatic heterocycles. The number of rotatable bonds is 5. The monoisotopic (exact) mass is 450 g/mol. The lowest BCUT2D eigenvalue weighted by atomic mass is 9.86. The van der Waals surface area contributed by atoms with Crippen molar-refractivity contribution in [1.82, 2.24) is 9.80 Å². The Labute approximate surface area is 191 Å². The fraction of sp³-hybridized carbons (Fsp3) is 0.625. The molecular formula is C24H38N2O6. The number of amides is 2. The number of benzene rings is 1. The van der Waals surface area contributed by atoms with Crippen LogP contribution in [0, 0.1) is 5.92 Å². The Bertz CT molecular complexity index is 653. The van der Waals surface area contributed by atoms with Crippen LogP contribution in [0.2, 0.25) is 0 Å². The van der Waals surface area contributed by atoms with E-state index in [1.807, 2.05) is 12.1 Å². The summed E-state index contributed by atoms with van der Waals surface area (Å²) in [6, 6.07) is 8.23. The molecule has 2 fully saturated rings. The van der Waals surface area contributed by atoms with Crippen LogP contribution >= 0.6 is 0 Å². The summed E-state index contributed by atoms with van der Waals surface area (Å²) in [6.45, 7) is 14.0. The molecule has 0 unspecified atom stereocenters. The first-order valence-electron chi connectivity index (χ1n) is 11.0. The van der Waals surface area contributed by atoms with Gasteiger partial charge in [0.25, 0.3) is 0 Å². The van der Waals surface area contributed by atoms with Gasteiger partial charge in [-0.25, -0.2) is 0 Å². The first-order chi connectivity index (χ1) is 15.2. The molecule has 2 aliphatic heterocycles. The highest BCUT2D eigenvalue weighted by Gasteiger charge is 2.15. The Kier molecular flexibility index (Phi) is 12.6. The number of aliphatic carboxylic acids is 1. The zero-order valence-electron chi connectivity index (χ0n) is 19.8. The highest BCUT2D eigenvalue weighted by Crippen LogP contribution is 2.22. The van der Waals surface area contributed by atoms with Gasteiger partial charge in [-0.15, -0.1) is 0 Å². The maximum atomic E-state index is 10.7. The third kappa shape index (κ3) is 11.2. The number of ether oxygens (including phenoxy) is 2. The number of morpholine rings is 2. The zero-order chi connectivity index (χ0) is 24.0. The first kappa shape index (κ1) is 27.6. The minimum atomic E-state index is -0.736. The van der Waals surface area contributed by atoms with Crippen LogP contribution in [0.15, 0.2) is 24.3 Å². The predicted octanol–water partition coefficient (Wildman–Crippen LogP) is 2.20. The van der Waals surface area contributed by atoms with Crippen molar-refractivity contribution in [2.45, 2.75) is 39.5 Å². The molecule has 0 saturated carbocycles. The second-order valence-electron chi connectivity index (χ2n) is 8.90. The Morgan fingerprint density at radius 3 is 1.62 bits per heavy atom. The van der Waals surface area contributed by atoms with Crippen molar-refractivity contribution in [3.63, 3.8) is 0 Å². The molecule has 180 valence electrons. The zero-order valence-corrected chi connectivity index (χ0v) is 19.8. The summed E-state index contributed by atoms with van der Waals surface area (Å²) in [5.74, 6) is -1.06. The predicted molar refractivity (Wildman–Crippen MR) is 123 cm³/mol. The second-order valence-corrected chi connectivity index (χ2v) is 8.90. The molecule has 1 aromatic rings. The van der Waals surface area contributed by atoms with Crippen molar-refractivity contribution in [2.24, 2.45) is 5.92 Å². The minimum absolute atomic E-state index is 0.150. The summed E-state index contributed by atoms with van der Waals surface area (Å²) in [5.41, 5.74) is 2.51. The molecule has 0 aliphatic carbocycles. The van der Waals surface area contributed by atoms with E-state index in [4.69, 9.17) is 14.6 Å². The molecular weight excluding hydrogens is 412 g/mol. The maximum absolute atomic E-state index is 10.7. The van der Waals surface area contributed by atoms with Crippen LogP contribution in [0.5, 0.6) is 0 Å². The average Bonchev–Trinajstić information content (AvgIpc) is 2.80. The molecule has 8 nitrogen and oxygen atoms in total. The van der Waals surface area contributed by atoms with Gasteiger partial charge in [0, 0.05) is 26.2 Å². The fourth-order valence-corrected chi connectivity index (χ4v) is 2.95. The van der Waals surface area contributed by atoms with Crippen molar-refractivity contribution < 1.29 is 29.0 Å². The van der Waals surface area contributed by atoms with Gasteiger partial charge in [0.2, 0.25) is 12.8 Å². The van der Waals surface area contributed by atoms with E-state index in [2.05, 4.69) is 32.9 Å². The quantitative estimate of drug-likeness (QED) is 0.691. The van der Waals surface area contributed by atoms with Gasteiger partial charge in [0.15, 0.2) is 0 Å². The molecule has 3 rings (SSSR count). The Morgan fingerprint density at radius 1 is 0.938 bits per heavy atom. The molecule has 2 saturated heterocycles. The molecule has 1 aromatic carbocycles. The van der Waals surface area contributed by atoms with Crippen LogP contribution in [-0.4, -0.2) is 86.3 Å². The van der Waals surface area contributed by atoms with Crippen molar-refractivity contribution in [3.05, 3.63) is 35.4 Å². The smallest absolute Gasteiger partial charge is 0.306 e. The van der Waals surface area contributed by atoms with E-state index in [-0.39, 0.29) is 11.3 Å². The van der Waals surface area contributed by atoms with E-state index in [1.54, 1.807) is 16.7 Å². The average molecular weight is 451 g/mol. The van der Waals surface area contributed by atoms with Crippen LogP contribution in [-0.2, 0) is 35.7 Å². The highest BCUT2D eigenvalue weighted by molar-refractivity contribution is 5.69. The summed E-state index contributed by atoms with van der Waals surface area (Å²) in [5, 5.41) is 8.83. The van der Waals surface area contributed by atoms with Crippen LogP contribution in [0.1, 0.15) is 38.8 Å². The molecule has 0 spiro atoms. The normalized spacial score (nSPS) is 17.1. The van der Waals surface area contributed by atoms with Gasteiger partial charge in [-0.1, -0.05) is 52.0 Å². The third-order valence-corrected chi connectivity index (χ3v) is 5.17. The lowest BCUT2D eigenvalue weighted by Crippen LogP contribution is -2.34. The van der Waals surface area contributed by atoms with Gasteiger partial charge in [-0.05, 0) is 23.0 Å². The largest absolute Gasteiger partial charge is 0.481 e. The molecule has 2 aliphatic rings. The van der Waals surface area contributed by atoms with E-state index < -0.39 is 5.97 Å².